The van der Waals surface area contributed by atoms with E-state index in [4.69, 9.17) is 0 Å². The van der Waals surface area contributed by atoms with Gasteiger partial charge in [-0.3, -0.25) is 0 Å². The van der Waals surface area contributed by atoms with Crippen LogP contribution in [0.1, 0.15) is 90.9 Å². The first kappa shape index (κ1) is 16.2. The van der Waals surface area contributed by atoms with Crippen molar-refractivity contribution in [2.45, 2.75) is 96.8 Å². The maximum absolute atomic E-state index is 12.7. The molecular formula is C18H32F2. The van der Waals surface area contributed by atoms with Crippen LogP contribution in [-0.4, -0.2) is 5.92 Å². The number of hydrogen-bond acceptors (Lipinski definition) is 0. The average Bonchev–Trinajstić information content (AvgIpc) is 3.14. The number of rotatable bonds is 8. The van der Waals surface area contributed by atoms with Crippen LogP contribution in [0.2, 0.25) is 0 Å². The Morgan fingerprint density at radius 2 is 1.55 bits per heavy atom. The predicted octanol–water partition coefficient (Wildman–Crippen LogP) is 6.59. The van der Waals surface area contributed by atoms with Crippen molar-refractivity contribution in [2.24, 2.45) is 17.3 Å². The molecule has 0 amide bonds. The van der Waals surface area contributed by atoms with Gasteiger partial charge in [0.2, 0.25) is 5.92 Å². The van der Waals surface area contributed by atoms with Gasteiger partial charge < -0.3 is 0 Å². The quantitative estimate of drug-likeness (QED) is 0.441. The highest BCUT2D eigenvalue weighted by molar-refractivity contribution is 4.99. The lowest BCUT2D eigenvalue weighted by Crippen LogP contribution is -2.22. The summed E-state index contributed by atoms with van der Waals surface area (Å²) < 4.78 is 25.4. The Balaban J connectivity index is 1.57. The van der Waals surface area contributed by atoms with Crippen LogP contribution in [-0.2, 0) is 0 Å². The van der Waals surface area contributed by atoms with E-state index in [0.29, 0.717) is 11.8 Å². The van der Waals surface area contributed by atoms with Crippen LogP contribution in [0.5, 0.6) is 0 Å². The van der Waals surface area contributed by atoms with Crippen LogP contribution in [0.3, 0.4) is 0 Å². The Kier molecular flexibility index (Phi) is 5.48. The molecule has 0 aromatic carbocycles. The van der Waals surface area contributed by atoms with Crippen molar-refractivity contribution in [1.82, 2.24) is 0 Å². The smallest absolute Gasteiger partial charge is 0.207 e. The number of unbranched alkanes of at least 4 members (excludes halogenated alkanes) is 3. The van der Waals surface area contributed by atoms with Crippen LogP contribution in [0, 0.1) is 17.3 Å². The van der Waals surface area contributed by atoms with E-state index in [1.807, 2.05) is 0 Å². The predicted molar refractivity (Wildman–Crippen MR) is 81.1 cm³/mol. The van der Waals surface area contributed by atoms with Gasteiger partial charge in [-0.05, 0) is 62.7 Å². The average molecular weight is 286 g/mol. The summed E-state index contributed by atoms with van der Waals surface area (Å²) in [5, 5.41) is 0. The van der Waals surface area contributed by atoms with Gasteiger partial charge >= 0.3 is 0 Å². The molecule has 0 aliphatic heterocycles. The molecule has 0 aromatic rings. The summed E-state index contributed by atoms with van der Waals surface area (Å²) in [5.41, 5.74) is 0.689. The molecule has 2 saturated carbocycles. The summed E-state index contributed by atoms with van der Waals surface area (Å²) in [6.45, 7) is 3.43. The SMILES string of the molecule is CC1CCC(C2(CCCCCCC(C)(F)F)CC2)CC1. The molecule has 0 N–H and O–H groups in total. The highest BCUT2D eigenvalue weighted by atomic mass is 19.3. The van der Waals surface area contributed by atoms with E-state index in [2.05, 4.69) is 6.92 Å². The number of halogens is 2. The van der Waals surface area contributed by atoms with E-state index < -0.39 is 5.92 Å². The topological polar surface area (TPSA) is 0 Å². The summed E-state index contributed by atoms with van der Waals surface area (Å²) in [6.07, 6.45) is 14.2. The third-order valence-corrected chi connectivity index (χ3v) is 5.81. The van der Waals surface area contributed by atoms with E-state index in [-0.39, 0.29) is 6.42 Å². The molecular weight excluding hydrogens is 254 g/mol. The Labute approximate surface area is 123 Å². The third kappa shape index (κ3) is 5.00. The van der Waals surface area contributed by atoms with E-state index in [0.717, 1.165) is 31.6 Å². The molecule has 0 radical (unpaired) electrons. The van der Waals surface area contributed by atoms with E-state index in [1.165, 1.54) is 51.4 Å². The van der Waals surface area contributed by atoms with Crippen LogP contribution in [0.4, 0.5) is 8.78 Å². The molecule has 0 heterocycles. The lowest BCUT2D eigenvalue weighted by atomic mass is 9.72. The maximum Gasteiger partial charge on any atom is 0.245 e. The van der Waals surface area contributed by atoms with E-state index in [1.54, 1.807) is 0 Å². The Morgan fingerprint density at radius 1 is 0.950 bits per heavy atom. The van der Waals surface area contributed by atoms with Crippen molar-refractivity contribution >= 4 is 0 Å². The molecule has 0 nitrogen and oxygen atoms in total. The van der Waals surface area contributed by atoms with Crippen LogP contribution < -0.4 is 0 Å². The Morgan fingerprint density at radius 3 is 2.10 bits per heavy atom. The Bertz CT molecular complexity index is 280. The van der Waals surface area contributed by atoms with Crippen molar-refractivity contribution in [3.05, 3.63) is 0 Å². The third-order valence-electron chi connectivity index (χ3n) is 5.81. The van der Waals surface area contributed by atoms with Gasteiger partial charge in [-0.15, -0.1) is 0 Å². The molecule has 0 atom stereocenters. The van der Waals surface area contributed by atoms with Crippen molar-refractivity contribution < 1.29 is 8.78 Å². The largest absolute Gasteiger partial charge is 0.245 e. The number of hydrogen-bond donors (Lipinski definition) is 0. The minimum Gasteiger partial charge on any atom is -0.207 e. The van der Waals surface area contributed by atoms with Crippen molar-refractivity contribution in [2.75, 3.05) is 0 Å². The summed E-state index contributed by atoms with van der Waals surface area (Å²) in [4.78, 5) is 0. The first-order valence-electron chi connectivity index (χ1n) is 8.79. The highest BCUT2D eigenvalue weighted by Gasteiger charge is 2.48. The fraction of sp³-hybridized carbons (Fsp3) is 1.00. The molecule has 0 spiro atoms. The molecule has 0 bridgehead atoms. The van der Waals surface area contributed by atoms with Crippen molar-refractivity contribution in [3.8, 4) is 0 Å². The van der Waals surface area contributed by atoms with E-state index in [9.17, 15) is 8.78 Å². The lowest BCUT2D eigenvalue weighted by Gasteiger charge is -2.33. The second-order valence-corrected chi connectivity index (χ2v) is 7.80. The van der Waals surface area contributed by atoms with Crippen LogP contribution >= 0.6 is 0 Å². The zero-order valence-electron chi connectivity index (χ0n) is 13.4. The summed E-state index contributed by atoms with van der Waals surface area (Å²) in [6, 6.07) is 0. The van der Waals surface area contributed by atoms with Crippen LogP contribution in [0.25, 0.3) is 0 Å². The fourth-order valence-corrected chi connectivity index (χ4v) is 4.16. The first-order chi connectivity index (χ1) is 9.41. The first-order valence-corrected chi connectivity index (χ1v) is 8.79. The molecule has 118 valence electrons. The minimum atomic E-state index is -2.46. The standard InChI is InChI=1S/C18H32F2/c1-15-7-9-16(10-8-15)18(13-14-18)12-6-4-3-5-11-17(2,19)20/h15-16H,3-14H2,1-2H3. The molecule has 2 aliphatic rings. The lowest BCUT2D eigenvalue weighted by molar-refractivity contribution is 0.0103. The van der Waals surface area contributed by atoms with Crippen LogP contribution in [0.15, 0.2) is 0 Å². The van der Waals surface area contributed by atoms with Gasteiger partial charge in [0, 0.05) is 6.42 Å². The Hall–Kier alpha value is -0.140. The maximum atomic E-state index is 12.7. The zero-order chi connectivity index (χ0) is 14.6. The van der Waals surface area contributed by atoms with Gasteiger partial charge in [0.1, 0.15) is 0 Å². The van der Waals surface area contributed by atoms with Gasteiger partial charge in [0.15, 0.2) is 0 Å². The molecule has 2 aliphatic carbocycles. The molecule has 0 aromatic heterocycles. The summed E-state index contributed by atoms with van der Waals surface area (Å²) in [5.74, 6) is -0.535. The monoisotopic (exact) mass is 286 g/mol. The second-order valence-electron chi connectivity index (χ2n) is 7.80. The van der Waals surface area contributed by atoms with Crippen molar-refractivity contribution in [1.29, 1.82) is 0 Å². The van der Waals surface area contributed by atoms with Gasteiger partial charge in [0.25, 0.3) is 0 Å². The molecule has 0 unspecified atom stereocenters. The minimum absolute atomic E-state index is 0.0681. The summed E-state index contributed by atoms with van der Waals surface area (Å²) >= 11 is 0. The fourth-order valence-electron chi connectivity index (χ4n) is 4.16. The molecule has 2 fully saturated rings. The van der Waals surface area contributed by atoms with Gasteiger partial charge in [-0.2, -0.15) is 0 Å². The van der Waals surface area contributed by atoms with Gasteiger partial charge in [0.05, 0.1) is 0 Å². The molecule has 2 heteroatoms. The van der Waals surface area contributed by atoms with Gasteiger partial charge in [-0.1, -0.05) is 39.0 Å². The molecule has 0 saturated heterocycles. The number of alkyl halides is 2. The van der Waals surface area contributed by atoms with Gasteiger partial charge in [-0.25, -0.2) is 8.78 Å². The molecule has 20 heavy (non-hydrogen) atoms. The molecule has 2 rings (SSSR count). The van der Waals surface area contributed by atoms with Crippen molar-refractivity contribution in [3.63, 3.8) is 0 Å². The normalized spacial score (nSPS) is 29.4. The zero-order valence-corrected chi connectivity index (χ0v) is 13.4. The summed E-state index contributed by atoms with van der Waals surface area (Å²) in [7, 11) is 0. The highest BCUT2D eigenvalue weighted by Crippen LogP contribution is 2.59. The second kappa shape index (κ2) is 6.75. The van der Waals surface area contributed by atoms with E-state index >= 15 is 0 Å².